The normalized spacial score (nSPS) is 11.4. The highest BCUT2D eigenvalue weighted by Crippen LogP contribution is 2.34. The molecule has 0 unspecified atom stereocenters. The standard InChI is InChI=1S/C23H16F3N3O2/c1-15-9-10-27-19(11-15)22(30)20-13-29(14-28-20)17-6-4-5-16(12-17)18-7-2-3-8-21(18)31-23(24,25)26/h2-14H,1H3. The quantitative estimate of drug-likeness (QED) is 0.405. The molecule has 2 aromatic carbocycles. The highest BCUT2D eigenvalue weighted by Gasteiger charge is 2.32. The largest absolute Gasteiger partial charge is 0.573 e. The highest BCUT2D eigenvalue weighted by molar-refractivity contribution is 6.06. The molecule has 0 N–H and O–H groups in total. The Kier molecular flexibility index (Phi) is 5.29. The number of carbonyl (C=O) groups excluding carboxylic acids is 1. The van der Waals surface area contributed by atoms with Gasteiger partial charge in [-0.15, -0.1) is 13.2 Å². The van der Waals surface area contributed by atoms with Crippen LogP contribution in [0.3, 0.4) is 0 Å². The summed E-state index contributed by atoms with van der Waals surface area (Å²) in [6.45, 7) is 1.86. The fraction of sp³-hybridized carbons (Fsp3) is 0.0870. The van der Waals surface area contributed by atoms with Gasteiger partial charge < -0.3 is 9.30 Å². The van der Waals surface area contributed by atoms with Gasteiger partial charge in [-0.2, -0.15) is 0 Å². The van der Waals surface area contributed by atoms with Gasteiger partial charge in [-0.3, -0.25) is 9.78 Å². The van der Waals surface area contributed by atoms with Crippen LogP contribution in [0.2, 0.25) is 0 Å². The lowest BCUT2D eigenvalue weighted by molar-refractivity contribution is -0.274. The Balaban J connectivity index is 1.66. The molecule has 0 bridgehead atoms. The molecule has 0 aliphatic rings. The predicted octanol–water partition coefficient (Wildman–Crippen LogP) is 5.37. The molecule has 0 fully saturated rings. The van der Waals surface area contributed by atoms with Crippen molar-refractivity contribution in [2.24, 2.45) is 0 Å². The lowest BCUT2D eigenvalue weighted by Crippen LogP contribution is -2.17. The van der Waals surface area contributed by atoms with Crippen LogP contribution in [0, 0.1) is 6.92 Å². The number of aromatic nitrogens is 3. The number of para-hydroxylation sites is 1. The van der Waals surface area contributed by atoms with Crippen molar-refractivity contribution in [3.05, 3.63) is 96.3 Å². The van der Waals surface area contributed by atoms with Crippen LogP contribution in [0.5, 0.6) is 5.75 Å². The van der Waals surface area contributed by atoms with Gasteiger partial charge >= 0.3 is 6.36 Å². The number of aryl methyl sites for hydroxylation is 1. The van der Waals surface area contributed by atoms with Crippen LogP contribution in [-0.4, -0.2) is 26.7 Å². The first-order valence-electron chi connectivity index (χ1n) is 9.27. The zero-order chi connectivity index (χ0) is 22.0. The van der Waals surface area contributed by atoms with Crippen LogP contribution >= 0.6 is 0 Å². The Morgan fingerprint density at radius 1 is 0.968 bits per heavy atom. The summed E-state index contributed by atoms with van der Waals surface area (Å²) < 4.78 is 44.0. The zero-order valence-corrected chi connectivity index (χ0v) is 16.3. The summed E-state index contributed by atoms with van der Waals surface area (Å²) in [6.07, 6.45) is -0.204. The number of carbonyl (C=O) groups is 1. The summed E-state index contributed by atoms with van der Waals surface area (Å²) in [5.74, 6) is -0.610. The molecule has 0 aliphatic heterocycles. The summed E-state index contributed by atoms with van der Waals surface area (Å²) in [7, 11) is 0. The number of alkyl halides is 3. The van der Waals surface area contributed by atoms with E-state index in [4.69, 9.17) is 0 Å². The van der Waals surface area contributed by atoms with Gasteiger partial charge in [-0.1, -0.05) is 30.3 Å². The van der Waals surface area contributed by atoms with E-state index < -0.39 is 6.36 Å². The molecule has 4 rings (SSSR count). The molecule has 0 saturated heterocycles. The molecule has 0 amide bonds. The number of benzene rings is 2. The van der Waals surface area contributed by atoms with Crippen LogP contribution in [-0.2, 0) is 0 Å². The van der Waals surface area contributed by atoms with Crippen LogP contribution < -0.4 is 4.74 Å². The third kappa shape index (κ3) is 4.63. The maximum atomic E-state index is 12.8. The molecule has 0 atom stereocenters. The van der Waals surface area contributed by atoms with Crippen molar-refractivity contribution in [2.75, 3.05) is 0 Å². The number of nitrogens with zero attached hydrogens (tertiary/aromatic N) is 3. The van der Waals surface area contributed by atoms with Crippen LogP contribution in [0.4, 0.5) is 13.2 Å². The van der Waals surface area contributed by atoms with Crippen molar-refractivity contribution in [3.8, 4) is 22.6 Å². The SMILES string of the molecule is Cc1ccnc(C(=O)c2cn(-c3cccc(-c4ccccc4OC(F)(F)F)c3)cn2)c1. The van der Waals surface area contributed by atoms with Gasteiger partial charge in [0.15, 0.2) is 0 Å². The number of hydrogen-bond donors (Lipinski definition) is 0. The Bertz CT molecular complexity index is 1250. The molecule has 8 heteroatoms. The van der Waals surface area contributed by atoms with E-state index in [-0.39, 0.29) is 22.9 Å². The predicted molar refractivity (Wildman–Crippen MR) is 108 cm³/mol. The van der Waals surface area contributed by atoms with Crippen molar-refractivity contribution in [3.63, 3.8) is 0 Å². The van der Waals surface area contributed by atoms with Crippen LogP contribution in [0.25, 0.3) is 16.8 Å². The number of rotatable bonds is 5. The summed E-state index contributed by atoms with van der Waals surface area (Å²) in [5.41, 5.74) is 2.86. The second-order valence-electron chi connectivity index (χ2n) is 6.81. The van der Waals surface area contributed by atoms with E-state index in [9.17, 15) is 18.0 Å². The van der Waals surface area contributed by atoms with E-state index >= 15 is 0 Å². The van der Waals surface area contributed by atoms with Crippen LogP contribution in [0.1, 0.15) is 21.7 Å². The van der Waals surface area contributed by atoms with Gasteiger partial charge in [-0.05, 0) is 48.4 Å². The van der Waals surface area contributed by atoms with E-state index in [0.29, 0.717) is 16.8 Å². The van der Waals surface area contributed by atoms with Gasteiger partial charge in [-0.25, -0.2) is 4.98 Å². The Morgan fingerprint density at radius 3 is 2.55 bits per heavy atom. The molecule has 4 aromatic rings. The van der Waals surface area contributed by atoms with E-state index in [2.05, 4.69) is 14.7 Å². The van der Waals surface area contributed by atoms with Gasteiger partial charge in [0, 0.05) is 23.6 Å². The van der Waals surface area contributed by atoms with E-state index in [1.807, 2.05) is 6.92 Å². The maximum Gasteiger partial charge on any atom is 0.573 e. The average molecular weight is 423 g/mol. The van der Waals surface area contributed by atoms with Crippen LogP contribution in [0.15, 0.2) is 79.4 Å². The monoisotopic (exact) mass is 423 g/mol. The van der Waals surface area contributed by atoms with Crippen molar-refractivity contribution in [1.29, 1.82) is 0 Å². The molecule has 2 heterocycles. The minimum atomic E-state index is -4.79. The first-order valence-corrected chi connectivity index (χ1v) is 9.27. The number of ether oxygens (including phenoxy) is 1. The Hall–Kier alpha value is -3.94. The molecular formula is C23H16F3N3O2. The highest BCUT2D eigenvalue weighted by atomic mass is 19.4. The second-order valence-corrected chi connectivity index (χ2v) is 6.81. The first kappa shape index (κ1) is 20.3. The summed E-state index contributed by atoms with van der Waals surface area (Å²) in [5, 5.41) is 0. The fourth-order valence-corrected chi connectivity index (χ4v) is 3.13. The third-order valence-electron chi connectivity index (χ3n) is 4.53. The van der Waals surface area contributed by atoms with E-state index in [1.165, 1.54) is 18.5 Å². The molecule has 5 nitrogen and oxygen atoms in total. The smallest absolute Gasteiger partial charge is 0.405 e. The summed E-state index contributed by atoms with van der Waals surface area (Å²) in [6, 6.07) is 16.2. The fourth-order valence-electron chi connectivity index (χ4n) is 3.13. The van der Waals surface area contributed by atoms with E-state index in [0.717, 1.165) is 5.56 Å². The lowest BCUT2D eigenvalue weighted by Gasteiger charge is -2.14. The number of pyridine rings is 1. The third-order valence-corrected chi connectivity index (χ3v) is 4.53. The number of halogens is 3. The van der Waals surface area contributed by atoms with Crippen molar-refractivity contribution >= 4 is 5.78 Å². The topological polar surface area (TPSA) is 57.0 Å². The molecular weight excluding hydrogens is 407 g/mol. The van der Waals surface area contributed by atoms with Gasteiger partial charge in [0.25, 0.3) is 0 Å². The lowest BCUT2D eigenvalue weighted by atomic mass is 10.0. The number of hydrogen-bond acceptors (Lipinski definition) is 4. The Labute approximate surface area is 175 Å². The molecule has 0 spiro atoms. The molecule has 0 saturated carbocycles. The number of imidazole rings is 1. The minimum Gasteiger partial charge on any atom is -0.405 e. The molecule has 2 aromatic heterocycles. The zero-order valence-electron chi connectivity index (χ0n) is 16.3. The Morgan fingerprint density at radius 2 is 1.77 bits per heavy atom. The van der Waals surface area contributed by atoms with Crippen molar-refractivity contribution in [2.45, 2.75) is 13.3 Å². The second kappa shape index (κ2) is 8.06. The van der Waals surface area contributed by atoms with Crippen molar-refractivity contribution < 1.29 is 22.7 Å². The molecule has 0 aliphatic carbocycles. The summed E-state index contributed by atoms with van der Waals surface area (Å²) >= 11 is 0. The summed E-state index contributed by atoms with van der Waals surface area (Å²) in [4.78, 5) is 20.9. The molecule has 0 radical (unpaired) electrons. The average Bonchev–Trinajstić information content (AvgIpc) is 3.23. The molecule has 31 heavy (non-hydrogen) atoms. The first-order chi connectivity index (χ1) is 14.8. The van der Waals surface area contributed by atoms with Crippen molar-refractivity contribution in [1.82, 2.24) is 14.5 Å². The van der Waals surface area contributed by atoms with Gasteiger partial charge in [0.05, 0.1) is 0 Å². The number of ketones is 1. The van der Waals surface area contributed by atoms with Gasteiger partial charge in [0.2, 0.25) is 5.78 Å². The van der Waals surface area contributed by atoms with E-state index in [1.54, 1.807) is 65.5 Å². The molecule has 156 valence electrons. The minimum absolute atomic E-state index is 0.212. The van der Waals surface area contributed by atoms with Gasteiger partial charge in [0.1, 0.15) is 23.5 Å². The maximum absolute atomic E-state index is 12.8.